The Morgan fingerprint density at radius 2 is 1.03 bits per heavy atom. The molecule has 0 amide bonds. The van der Waals surface area contributed by atoms with Crippen molar-refractivity contribution < 1.29 is 4.42 Å². The van der Waals surface area contributed by atoms with Crippen LogP contribution in [0.3, 0.4) is 0 Å². The van der Waals surface area contributed by atoms with Crippen LogP contribution in [-0.2, 0) is 5.41 Å². The Hall–Kier alpha value is -7.62. The maximum atomic E-state index is 6.44. The molecule has 1 aliphatic carbocycles. The Balaban J connectivity index is 0.966. The highest BCUT2D eigenvalue weighted by Crippen LogP contribution is 2.51. The summed E-state index contributed by atoms with van der Waals surface area (Å²) >= 11 is 0. The molecule has 11 aromatic rings. The fraction of sp³-hybridized carbons (Fsp3) is 0.0526. The van der Waals surface area contributed by atoms with Gasteiger partial charge in [-0.2, -0.15) is 0 Å². The molecule has 3 nitrogen and oxygen atoms in total. The highest BCUT2D eigenvalue weighted by atomic mass is 16.3. The summed E-state index contributed by atoms with van der Waals surface area (Å²) < 4.78 is 8.82. The zero-order valence-corrected chi connectivity index (χ0v) is 33.4. The molecule has 0 radical (unpaired) electrons. The molecular weight excluding hydrogens is 729 g/mol. The van der Waals surface area contributed by atoms with E-state index in [0.29, 0.717) is 0 Å². The third-order valence-corrected chi connectivity index (χ3v) is 12.8. The van der Waals surface area contributed by atoms with Crippen LogP contribution >= 0.6 is 0 Å². The molecule has 0 N–H and O–H groups in total. The van der Waals surface area contributed by atoms with Gasteiger partial charge in [0, 0.05) is 55.8 Å². The molecule has 0 spiro atoms. The van der Waals surface area contributed by atoms with Crippen molar-refractivity contribution in [3.63, 3.8) is 0 Å². The van der Waals surface area contributed by atoms with Gasteiger partial charge in [0.25, 0.3) is 0 Å². The van der Waals surface area contributed by atoms with Crippen LogP contribution in [0, 0.1) is 0 Å². The van der Waals surface area contributed by atoms with Crippen LogP contribution in [0.1, 0.15) is 25.0 Å². The second-order valence-electron chi connectivity index (χ2n) is 16.5. The zero-order chi connectivity index (χ0) is 40.0. The summed E-state index contributed by atoms with van der Waals surface area (Å²) in [7, 11) is 0. The largest absolute Gasteiger partial charge is 0.456 e. The average Bonchev–Trinajstić information content (AvgIpc) is 3.92. The van der Waals surface area contributed by atoms with Gasteiger partial charge >= 0.3 is 0 Å². The molecule has 1 aliphatic rings. The third kappa shape index (κ3) is 5.22. The molecule has 60 heavy (non-hydrogen) atoms. The summed E-state index contributed by atoms with van der Waals surface area (Å²) in [6.45, 7) is 4.69. The van der Waals surface area contributed by atoms with E-state index in [-0.39, 0.29) is 5.41 Å². The zero-order valence-electron chi connectivity index (χ0n) is 33.4. The first kappa shape index (κ1) is 34.4. The second kappa shape index (κ2) is 13.2. The Bertz CT molecular complexity index is 3460. The Morgan fingerprint density at radius 1 is 0.400 bits per heavy atom. The normalized spacial score (nSPS) is 13.0. The minimum atomic E-state index is -0.119. The van der Waals surface area contributed by atoms with Crippen molar-refractivity contribution in [3.05, 3.63) is 217 Å². The summed E-state index contributed by atoms with van der Waals surface area (Å²) in [6, 6.07) is 74.9. The van der Waals surface area contributed by atoms with Crippen molar-refractivity contribution >= 4 is 60.8 Å². The lowest BCUT2D eigenvalue weighted by Crippen LogP contribution is -2.16. The van der Waals surface area contributed by atoms with Gasteiger partial charge in [-0.15, -0.1) is 0 Å². The number of hydrogen-bond donors (Lipinski definition) is 0. The van der Waals surface area contributed by atoms with Gasteiger partial charge in [-0.1, -0.05) is 141 Å². The molecule has 2 aromatic heterocycles. The number of benzene rings is 9. The van der Waals surface area contributed by atoms with Gasteiger partial charge in [-0.05, 0) is 117 Å². The standard InChI is InChI=1S/C57H40N2O/c1-57(2)50-22-9-6-18-45(50)46-32-30-42(35-51(46)57)58(43-31-33-48-47-19-8-11-25-54(47)60-55(48)36-43)41-28-26-37(27-29-41)38-14-12-15-39(34-38)44-21-13-24-53-56(44)49-20-7-10-23-52(49)59(53)40-16-4-3-5-17-40/h3-36H,1-2H3. The number of aromatic nitrogens is 1. The van der Waals surface area contributed by atoms with Gasteiger partial charge in [-0.25, -0.2) is 0 Å². The summed E-state index contributed by atoms with van der Waals surface area (Å²) in [4.78, 5) is 2.37. The first-order chi connectivity index (χ1) is 29.5. The van der Waals surface area contributed by atoms with E-state index in [1.807, 2.05) is 12.1 Å². The highest BCUT2D eigenvalue weighted by molar-refractivity contribution is 6.16. The van der Waals surface area contributed by atoms with E-state index in [2.05, 4.69) is 217 Å². The maximum absolute atomic E-state index is 6.44. The molecule has 12 rings (SSSR count). The van der Waals surface area contributed by atoms with Gasteiger partial charge in [0.05, 0.1) is 11.0 Å². The lowest BCUT2D eigenvalue weighted by Gasteiger charge is -2.28. The topological polar surface area (TPSA) is 21.3 Å². The second-order valence-corrected chi connectivity index (χ2v) is 16.5. The fourth-order valence-corrected chi connectivity index (χ4v) is 9.92. The highest BCUT2D eigenvalue weighted by Gasteiger charge is 2.35. The predicted molar refractivity (Wildman–Crippen MR) is 251 cm³/mol. The molecule has 0 aliphatic heterocycles. The predicted octanol–water partition coefficient (Wildman–Crippen LogP) is 15.8. The van der Waals surface area contributed by atoms with Gasteiger partial charge in [-0.3, -0.25) is 0 Å². The van der Waals surface area contributed by atoms with Gasteiger partial charge < -0.3 is 13.9 Å². The fourth-order valence-electron chi connectivity index (χ4n) is 9.92. The first-order valence-electron chi connectivity index (χ1n) is 20.8. The van der Waals surface area contributed by atoms with Crippen LogP contribution in [0.25, 0.3) is 82.8 Å². The Morgan fingerprint density at radius 3 is 1.92 bits per heavy atom. The van der Waals surface area contributed by atoms with E-state index in [9.17, 15) is 0 Å². The molecule has 3 heteroatoms. The van der Waals surface area contributed by atoms with Crippen LogP contribution in [-0.4, -0.2) is 4.57 Å². The van der Waals surface area contributed by atoms with Crippen molar-refractivity contribution in [2.45, 2.75) is 19.3 Å². The summed E-state index contributed by atoms with van der Waals surface area (Å²) in [5, 5.41) is 4.77. The lowest BCUT2D eigenvalue weighted by molar-refractivity contribution is 0.660. The Labute approximate surface area is 349 Å². The number of hydrogen-bond acceptors (Lipinski definition) is 2. The quantitative estimate of drug-likeness (QED) is 0.168. The molecule has 0 saturated heterocycles. The molecular formula is C57H40N2O. The number of fused-ring (bicyclic) bond motifs is 9. The molecule has 0 fully saturated rings. The van der Waals surface area contributed by atoms with Gasteiger partial charge in [0.1, 0.15) is 11.2 Å². The van der Waals surface area contributed by atoms with E-state index < -0.39 is 0 Å². The van der Waals surface area contributed by atoms with Crippen LogP contribution in [0.4, 0.5) is 17.1 Å². The van der Waals surface area contributed by atoms with Crippen LogP contribution in [0.2, 0.25) is 0 Å². The molecule has 0 bridgehead atoms. The monoisotopic (exact) mass is 768 g/mol. The number of furan rings is 1. The van der Waals surface area contributed by atoms with Crippen LogP contribution < -0.4 is 4.90 Å². The van der Waals surface area contributed by atoms with E-state index in [1.165, 1.54) is 60.8 Å². The molecule has 0 unspecified atom stereocenters. The van der Waals surface area contributed by atoms with Crippen molar-refractivity contribution in [2.75, 3.05) is 4.90 Å². The number of nitrogens with zero attached hydrogens (tertiary/aromatic N) is 2. The lowest BCUT2D eigenvalue weighted by atomic mass is 9.82. The Kier molecular flexibility index (Phi) is 7.58. The number of rotatable bonds is 6. The van der Waals surface area contributed by atoms with Crippen molar-refractivity contribution in [2.24, 2.45) is 0 Å². The summed E-state index contributed by atoms with van der Waals surface area (Å²) in [6.07, 6.45) is 0. The molecule has 9 aromatic carbocycles. The van der Waals surface area contributed by atoms with Gasteiger partial charge in [0.2, 0.25) is 0 Å². The number of para-hydroxylation sites is 3. The van der Waals surface area contributed by atoms with E-state index in [1.54, 1.807) is 0 Å². The summed E-state index contributed by atoms with van der Waals surface area (Å²) in [5.41, 5.74) is 18.6. The maximum Gasteiger partial charge on any atom is 0.137 e. The molecule has 2 heterocycles. The minimum Gasteiger partial charge on any atom is -0.456 e. The van der Waals surface area contributed by atoms with E-state index in [4.69, 9.17) is 4.42 Å². The van der Waals surface area contributed by atoms with Crippen LogP contribution in [0.15, 0.2) is 211 Å². The number of anilines is 3. The average molecular weight is 769 g/mol. The van der Waals surface area contributed by atoms with E-state index in [0.717, 1.165) is 50.3 Å². The van der Waals surface area contributed by atoms with E-state index >= 15 is 0 Å². The first-order valence-corrected chi connectivity index (χ1v) is 20.8. The van der Waals surface area contributed by atoms with Crippen LogP contribution in [0.5, 0.6) is 0 Å². The van der Waals surface area contributed by atoms with Crippen molar-refractivity contribution in [1.82, 2.24) is 4.57 Å². The minimum absolute atomic E-state index is 0.119. The SMILES string of the molecule is CC1(C)c2ccccc2-c2ccc(N(c3ccc(-c4cccc(-c5cccc6c5c5ccccc5n6-c5ccccc5)c4)cc3)c3ccc4c(c3)oc3ccccc34)cc21. The van der Waals surface area contributed by atoms with Gasteiger partial charge in [0.15, 0.2) is 0 Å². The molecule has 0 atom stereocenters. The summed E-state index contributed by atoms with van der Waals surface area (Å²) in [5.74, 6) is 0. The van der Waals surface area contributed by atoms with Crippen molar-refractivity contribution in [1.29, 1.82) is 0 Å². The third-order valence-electron chi connectivity index (χ3n) is 12.8. The molecule has 0 saturated carbocycles. The van der Waals surface area contributed by atoms with Crippen molar-refractivity contribution in [3.8, 4) is 39.1 Å². The smallest absolute Gasteiger partial charge is 0.137 e. The molecule has 284 valence electrons.